The summed E-state index contributed by atoms with van der Waals surface area (Å²) in [5, 5.41) is 1.01. The molecule has 5 rings (SSSR count). The van der Waals surface area contributed by atoms with Gasteiger partial charge in [0.1, 0.15) is 11.3 Å². The number of fused-ring (bicyclic) bond motifs is 1. The van der Waals surface area contributed by atoms with Crippen LogP contribution in [0.2, 0.25) is 0 Å². The van der Waals surface area contributed by atoms with E-state index in [0.717, 1.165) is 46.3 Å². The summed E-state index contributed by atoms with van der Waals surface area (Å²) in [7, 11) is 1.65. The molecule has 0 radical (unpaired) electrons. The van der Waals surface area contributed by atoms with Crippen molar-refractivity contribution in [2.45, 2.75) is 20.8 Å². The van der Waals surface area contributed by atoms with Gasteiger partial charge >= 0.3 is 0 Å². The molecule has 5 nitrogen and oxygen atoms in total. The van der Waals surface area contributed by atoms with E-state index < -0.39 is 0 Å². The number of carbonyl (C=O) groups is 1. The molecule has 0 bridgehead atoms. The van der Waals surface area contributed by atoms with E-state index in [9.17, 15) is 4.79 Å². The van der Waals surface area contributed by atoms with Gasteiger partial charge < -0.3 is 19.0 Å². The lowest BCUT2D eigenvalue weighted by Crippen LogP contribution is -2.48. The minimum absolute atomic E-state index is 0.0316. The van der Waals surface area contributed by atoms with Gasteiger partial charge in [-0.05, 0) is 55.7 Å². The number of nitrogens with zero attached hydrogens (tertiary/aromatic N) is 2. The van der Waals surface area contributed by atoms with Gasteiger partial charge in [-0.3, -0.25) is 4.79 Å². The molecule has 0 spiro atoms. The van der Waals surface area contributed by atoms with Crippen LogP contribution in [0, 0.1) is 13.8 Å². The minimum atomic E-state index is 0.0316. The Labute approximate surface area is 212 Å². The quantitative estimate of drug-likeness (QED) is 0.307. The van der Waals surface area contributed by atoms with Crippen LogP contribution in [-0.2, 0) is 4.79 Å². The van der Waals surface area contributed by atoms with Gasteiger partial charge in [-0.2, -0.15) is 0 Å². The van der Waals surface area contributed by atoms with Crippen molar-refractivity contribution in [1.82, 2.24) is 4.90 Å². The first-order valence-electron chi connectivity index (χ1n) is 12.4. The number of anilines is 1. The molecule has 184 valence electrons. The monoisotopic (exact) mass is 480 g/mol. The number of hydrogen-bond acceptors (Lipinski definition) is 4. The molecular weight excluding hydrogens is 448 g/mol. The highest BCUT2D eigenvalue weighted by molar-refractivity contribution is 6.00. The number of amides is 1. The normalized spacial score (nSPS) is 14.4. The Balaban J connectivity index is 1.41. The Hall–Kier alpha value is -3.99. The van der Waals surface area contributed by atoms with E-state index in [0.29, 0.717) is 18.8 Å². The number of hydrogen-bond donors (Lipinski definition) is 0. The summed E-state index contributed by atoms with van der Waals surface area (Å²) < 4.78 is 11.6. The summed E-state index contributed by atoms with van der Waals surface area (Å²) in [4.78, 5) is 17.4. The second kappa shape index (κ2) is 9.94. The van der Waals surface area contributed by atoms with Gasteiger partial charge in [0, 0.05) is 60.5 Å². The standard InChI is InChI=1S/C31H32N2O3/c1-21-10-11-25(22(2)16-21)28-20-36-30-19-29(35-4)26(18-27(28)30)23(3)17-31(34)33-14-12-32(13-15-33)24-8-6-5-7-9-24/h5-11,16-20H,12-15H2,1-4H3/b23-17+. The summed E-state index contributed by atoms with van der Waals surface area (Å²) in [5.74, 6) is 0.726. The van der Waals surface area contributed by atoms with E-state index in [2.05, 4.69) is 67.3 Å². The first-order valence-corrected chi connectivity index (χ1v) is 12.4. The maximum Gasteiger partial charge on any atom is 0.246 e. The Bertz CT molecular complexity index is 1430. The number of benzene rings is 3. The summed E-state index contributed by atoms with van der Waals surface area (Å²) in [6.45, 7) is 9.24. The third kappa shape index (κ3) is 4.61. The number of furan rings is 1. The van der Waals surface area contributed by atoms with Crippen molar-refractivity contribution in [2.75, 3.05) is 38.2 Å². The lowest BCUT2D eigenvalue weighted by molar-refractivity contribution is -0.126. The van der Waals surface area contributed by atoms with Crippen LogP contribution in [0.1, 0.15) is 23.6 Å². The van der Waals surface area contributed by atoms with Crippen LogP contribution in [0.15, 0.2) is 77.4 Å². The van der Waals surface area contributed by atoms with Crippen molar-refractivity contribution in [3.05, 3.63) is 89.7 Å². The molecule has 0 atom stereocenters. The van der Waals surface area contributed by atoms with E-state index in [1.165, 1.54) is 16.8 Å². The second-order valence-corrected chi connectivity index (χ2v) is 9.49. The molecule has 0 aliphatic carbocycles. The van der Waals surface area contributed by atoms with Crippen LogP contribution in [-0.4, -0.2) is 44.1 Å². The zero-order valence-electron chi connectivity index (χ0n) is 21.4. The fraction of sp³-hybridized carbons (Fsp3) is 0.258. The van der Waals surface area contributed by atoms with E-state index in [4.69, 9.17) is 9.15 Å². The molecular formula is C31H32N2O3. The van der Waals surface area contributed by atoms with E-state index in [-0.39, 0.29) is 5.91 Å². The topological polar surface area (TPSA) is 45.9 Å². The summed E-state index contributed by atoms with van der Waals surface area (Å²) in [5.41, 5.74) is 8.36. The molecule has 1 aromatic heterocycles. The highest BCUT2D eigenvalue weighted by atomic mass is 16.5. The zero-order valence-corrected chi connectivity index (χ0v) is 21.4. The molecule has 1 aliphatic heterocycles. The average Bonchev–Trinajstić information content (AvgIpc) is 3.31. The summed E-state index contributed by atoms with van der Waals surface area (Å²) >= 11 is 0. The highest BCUT2D eigenvalue weighted by Gasteiger charge is 2.21. The van der Waals surface area contributed by atoms with Crippen molar-refractivity contribution in [3.8, 4) is 16.9 Å². The Morgan fingerprint density at radius 2 is 1.69 bits per heavy atom. The number of methoxy groups -OCH3 is 1. The Morgan fingerprint density at radius 1 is 0.944 bits per heavy atom. The minimum Gasteiger partial charge on any atom is -0.496 e. The first kappa shape index (κ1) is 23.7. The van der Waals surface area contributed by atoms with Gasteiger partial charge in [0.15, 0.2) is 0 Å². The van der Waals surface area contributed by atoms with E-state index in [1.807, 2.05) is 30.2 Å². The average molecular weight is 481 g/mol. The second-order valence-electron chi connectivity index (χ2n) is 9.49. The molecule has 0 N–H and O–H groups in total. The number of piperazine rings is 1. The molecule has 0 saturated carbocycles. The molecule has 1 aliphatic rings. The number of carbonyl (C=O) groups excluding carboxylic acids is 1. The lowest BCUT2D eigenvalue weighted by atomic mass is 9.96. The number of aryl methyl sites for hydroxylation is 2. The predicted molar refractivity (Wildman–Crippen MR) is 147 cm³/mol. The number of allylic oxidation sites excluding steroid dienone is 1. The fourth-order valence-electron chi connectivity index (χ4n) is 5.03. The SMILES string of the molecule is COc1cc2occ(-c3ccc(C)cc3C)c2cc1/C(C)=C/C(=O)N1CCN(c2ccccc2)CC1. The van der Waals surface area contributed by atoms with Crippen molar-refractivity contribution in [3.63, 3.8) is 0 Å². The summed E-state index contributed by atoms with van der Waals surface area (Å²) in [6.07, 6.45) is 3.54. The number of ether oxygens (including phenoxy) is 1. The lowest BCUT2D eigenvalue weighted by Gasteiger charge is -2.35. The van der Waals surface area contributed by atoms with Gasteiger partial charge in [0.05, 0.1) is 13.4 Å². The van der Waals surface area contributed by atoms with Gasteiger partial charge in [-0.1, -0.05) is 42.0 Å². The molecule has 5 heteroatoms. The van der Waals surface area contributed by atoms with Crippen molar-refractivity contribution >= 4 is 28.1 Å². The molecule has 2 heterocycles. The van der Waals surface area contributed by atoms with Crippen molar-refractivity contribution in [1.29, 1.82) is 0 Å². The van der Waals surface area contributed by atoms with Gasteiger partial charge in [-0.25, -0.2) is 0 Å². The molecule has 1 fully saturated rings. The smallest absolute Gasteiger partial charge is 0.246 e. The maximum absolute atomic E-state index is 13.2. The van der Waals surface area contributed by atoms with Crippen molar-refractivity contribution in [2.24, 2.45) is 0 Å². The van der Waals surface area contributed by atoms with Crippen LogP contribution in [0.4, 0.5) is 5.69 Å². The van der Waals surface area contributed by atoms with Crippen LogP contribution in [0.3, 0.4) is 0 Å². The van der Waals surface area contributed by atoms with E-state index in [1.54, 1.807) is 13.2 Å². The number of rotatable bonds is 5. The van der Waals surface area contributed by atoms with Crippen LogP contribution >= 0.6 is 0 Å². The molecule has 1 saturated heterocycles. The zero-order chi connectivity index (χ0) is 25.2. The van der Waals surface area contributed by atoms with Crippen LogP contribution in [0.25, 0.3) is 27.7 Å². The molecule has 36 heavy (non-hydrogen) atoms. The molecule has 1 amide bonds. The van der Waals surface area contributed by atoms with Crippen LogP contribution in [0.5, 0.6) is 5.75 Å². The van der Waals surface area contributed by atoms with Gasteiger partial charge in [0.2, 0.25) is 5.91 Å². The first-order chi connectivity index (χ1) is 17.4. The number of para-hydroxylation sites is 1. The van der Waals surface area contributed by atoms with E-state index >= 15 is 0 Å². The predicted octanol–water partition coefficient (Wildman–Crippen LogP) is 6.48. The maximum atomic E-state index is 13.2. The van der Waals surface area contributed by atoms with Crippen molar-refractivity contribution < 1.29 is 13.9 Å². The largest absolute Gasteiger partial charge is 0.496 e. The molecule has 4 aromatic rings. The third-order valence-electron chi connectivity index (χ3n) is 7.05. The molecule has 3 aromatic carbocycles. The van der Waals surface area contributed by atoms with Gasteiger partial charge in [0.25, 0.3) is 0 Å². The van der Waals surface area contributed by atoms with Gasteiger partial charge in [-0.15, -0.1) is 0 Å². The molecule has 0 unspecified atom stereocenters. The fourth-order valence-corrected chi connectivity index (χ4v) is 5.03. The van der Waals surface area contributed by atoms with Crippen LogP contribution < -0.4 is 9.64 Å². The Kier molecular flexibility index (Phi) is 6.55. The highest BCUT2D eigenvalue weighted by Crippen LogP contribution is 2.38. The Morgan fingerprint density at radius 3 is 2.39 bits per heavy atom. The summed E-state index contributed by atoms with van der Waals surface area (Å²) in [6, 6.07) is 20.8. The third-order valence-corrected chi connectivity index (χ3v) is 7.05.